The molecule has 0 aromatic heterocycles. The van der Waals surface area contributed by atoms with Crippen LogP contribution in [0.3, 0.4) is 0 Å². The lowest BCUT2D eigenvalue weighted by atomic mass is 10.4. The van der Waals surface area contributed by atoms with Crippen LogP contribution in [0.2, 0.25) is 0 Å². The fourth-order valence-corrected chi connectivity index (χ4v) is 0. The maximum atomic E-state index is 7.56. The maximum Gasteiger partial charge on any atom is 0.319 e. The van der Waals surface area contributed by atoms with Gasteiger partial charge in [0.05, 0.1) is 0 Å². The summed E-state index contributed by atoms with van der Waals surface area (Å²) in [5.41, 5.74) is 0. The van der Waals surface area contributed by atoms with E-state index in [2.05, 4.69) is 37.5 Å². The van der Waals surface area contributed by atoms with E-state index >= 15 is 0 Å². The molecule has 0 aliphatic heterocycles. The number of unbranched alkanes of at least 4 members (excludes halogenated alkanes) is 1. The molecule has 98 valence electrons. The van der Waals surface area contributed by atoms with E-state index in [9.17, 15) is 0 Å². The van der Waals surface area contributed by atoms with E-state index < -0.39 is 13.4 Å². The lowest BCUT2D eigenvalue weighted by Crippen LogP contribution is -1.65. The molecule has 0 aromatic rings. The van der Waals surface area contributed by atoms with E-state index in [4.69, 9.17) is 29.4 Å². The van der Waals surface area contributed by atoms with Crippen LogP contribution < -0.4 is 6.15 Å². The van der Waals surface area contributed by atoms with Crippen molar-refractivity contribution in [2.24, 2.45) is 0 Å². The second-order valence-corrected chi connectivity index (χ2v) is 7.02. The van der Waals surface area contributed by atoms with Gasteiger partial charge in [0.15, 0.2) is 0 Å². The molecule has 0 amide bonds. The van der Waals surface area contributed by atoms with Crippen molar-refractivity contribution in [2.75, 3.05) is 0 Å². The first-order valence-electron chi connectivity index (χ1n) is 3.48. The van der Waals surface area contributed by atoms with Crippen LogP contribution in [0, 0.1) is 0 Å². The molecular formula is C4H19NO6P2S2. The summed E-state index contributed by atoms with van der Waals surface area (Å²) in [7, 11) is 0. The van der Waals surface area contributed by atoms with Gasteiger partial charge in [-0.25, -0.2) is 0 Å². The van der Waals surface area contributed by atoms with Gasteiger partial charge in [-0.3, -0.25) is 0 Å². The summed E-state index contributed by atoms with van der Waals surface area (Å²) in [5.74, 6) is 0. The number of hydrogen-bond acceptors (Lipinski definition) is 3. The van der Waals surface area contributed by atoms with Gasteiger partial charge in [-0.05, 0) is 23.6 Å². The van der Waals surface area contributed by atoms with E-state index in [1.807, 2.05) is 0 Å². The molecule has 0 saturated heterocycles. The van der Waals surface area contributed by atoms with Crippen molar-refractivity contribution in [3.63, 3.8) is 0 Å². The SMILES string of the molecule is CCCC.N.OP(O)(O)=S.OP(O)(O)=S. The molecule has 0 rings (SSSR count). The highest BCUT2D eigenvalue weighted by atomic mass is 32.5. The summed E-state index contributed by atoms with van der Waals surface area (Å²) >= 11 is 7.21. The fraction of sp³-hybridized carbons (Fsp3) is 1.00. The molecule has 0 radical (unpaired) electrons. The minimum Gasteiger partial charge on any atom is -0.344 e. The standard InChI is InChI=1S/C4H10.H3N.2H3O3PS/c1-3-4-2;;2*1-4(2,3)5/h3-4H2,1-2H3;1H3;2*(H3,1,2,3,5). The van der Waals surface area contributed by atoms with Crippen LogP contribution in [0.1, 0.15) is 26.7 Å². The Bertz CT molecular complexity index is 165. The van der Waals surface area contributed by atoms with Crippen LogP contribution >= 0.6 is 13.4 Å². The molecule has 0 unspecified atom stereocenters. The van der Waals surface area contributed by atoms with Gasteiger partial charge in [-0.2, -0.15) is 0 Å². The fourth-order valence-electron chi connectivity index (χ4n) is 0. The highest BCUT2D eigenvalue weighted by Gasteiger charge is 1.92. The van der Waals surface area contributed by atoms with E-state index in [-0.39, 0.29) is 6.15 Å². The van der Waals surface area contributed by atoms with Gasteiger partial charge in [0, 0.05) is 0 Å². The van der Waals surface area contributed by atoms with Crippen molar-refractivity contribution >= 4 is 37.1 Å². The van der Waals surface area contributed by atoms with Crippen molar-refractivity contribution < 1.29 is 29.4 Å². The molecule has 15 heavy (non-hydrogen) atoms. The van der Waals surface area contributed by atoms with Crippen LogP contribution in [-0.2, 0) is 23.6 Å². The van der Waals surface area contributed by atoms with Crippen molar-refractivity contribution in [1.82, 2.24) is 6.15 Å². The van der Waals surface area contributed by atoms with Gasteiger partial charge in [-0.1, -0.05) is 26.7 Å². The second-order valence-electron chi connectivity index (χ2n) is 2.03. The topological polar surface area (TPSA) is 156 Å². The maximum absolute atomic E-state index is 7.56. The van der Waals surface area contributed by atoms with Gasteiger partial charge in [0.1, 0.15) is 0 Å². The predicted molar refractivity (Wildman–Crippen MR) is 67.5 cm³/mol. The van der Waals surface area contributed by atoms with Crippen LogP contribution in [0.15, 0.2) is 0 Å². The first kappa shape index (κ1) is 25.0. The summed E-state index contributed by atoms with van der Waals surface area (Å²) in [5, 5.41) is 0. The first-order chi connectivity index (χ1) is 5.91. The average Bonchev–Trinajstić information content (AvgIpc) is 1.79. The van der Waals surface area contributed by atoms with E-state index in [1.165, 1.54) is 12.8 Å². The zero-order chi connectivity index (χ0) is 12.4. The highest BCUT2D eigenvalue weighted by molar-refractivity contribution is 8.06. The Morgan fingerprint density at radius 3 is 0.800 bits per heavy atom. The lowest BCUT2D eigenvalue weighted by molar-refractivity contribution is 0.361. The van der Waals surface area contributed by atoms with Gasteiger partial charge < -0.3 is 35.5 Å². The van der Waals surface area contributed by atoms with E-state index in [0.29, 0.717) is 0 Å². The zero-order valence-electron chi connectivity index (χ0n) is 8.52. The largest absolute Gasteiger partial charge is 0.344 e. The summed E-state index contributed by atoms with van der Waals surface area (Å²) in [6.45, 7) is -3.25. The molecule has 0 aliphatic rings. The molecule has 0 fully saturated rings. The molecule has 7 nitrogen and oxygen atoms in total. The summed E-state index contributed by atoms with van der Waals surface area (Å²) in [6, 6.07) is 0. The molecule has 9 N–H and O–H groups in total. The molecule has 11 heteroatoms. The third kappa shape index (κ3) is 624. The summed E-state index contributed by atoms with van der Waals surface area (Å²) in [6.07, 6.45) is 2.64. The van der Waals surface area contributed by atoms with Gasteiger partial charge in [0.25, 0.3) is 0 Å². The van der Waals surface area contributed by atoms with Crippen molar-refractivity contribution in [3.8, 4) is 0 Å². The first-order valence-corrected chi connectivity index (χ1v) is 8.80. The molecular weight excluding hydrogens is 284 g/mol. The van der Waals surface area contributed by atoms with Gasteiger partial charge in [-0.15, -0.1) is 0 Å². The minimum absolute atomic E-state index is 0. The molecule has 0 spiro atoms. The number of rotatable bonds is 1. The van der Waals surface area contributed by atoms with Crippen LogP contribution in [0.4, 0.5) is 0 Å². The third-order valence-corrected chi connectivity index (χ3v) is 0.500. The Kier molecular flexibility index (Phi) is 21.8. The molecule has 0 aromatic carbocycles. The van der Waals surface area contributed by atoms with Crippen LogP contribution in [0.25, 0.3) is 0 Å². The Balaban J connectivity index is -0.0000000590. The number of hydrogen-bond donors (Lipinski definition) is 7. The van der Waals surface area contributed by atoms with E-state index in [1.54, 1.807) is 0 Å². The lowest BCUT2D eigenvalue weighted by Gasteiger charge is -1.88. The Morgan fingerprint density at radius 2 is 0.800 bits per heavy atom. The zero-order valence-corrected chi connectivity index (χ0v) is 11.9. The second kappa shape index (κ2) is 13.1. The Labute approximate surface area is 99.5 Å². The van der Waals surface area contributed by atoms with Crippen LogP contribution in [-0.4, -0.2) is 29.4 Å². The molecule has 0 saturated carbocycles. The Hall–Kier alpha value is 1.02. The quantitative estimate of drug-likeness (QED) is 0.339. The Morgan fingerprint density at radius 1 is 0.733 bits per heavy atom. The normalized spacial score (nSPS) is 9.87. The highest BCUT2D eigenvalue weighted by Crippen LogP contribution is 2.26. The van der Waals surface area contributed by atoms with Crippen LogP contribution in [0.5, 0.6) is 0 Å². The molecule has 0 aliphatic carbocycles. The minimum atomic E-state index is -3.81. The predicted octanol–water partition coefficient (Wildman–Crippen LogP) is 0.344. The van der Waals surface area contributed by atoms with Gasteiger partial charge >= 0.3 is 13.4 Å². The molecule has 0 heterocycles. The summed E-state index contributed by atoms with van der Waals surface area (Å²) < 4.78 is 0. The smallest absolute Gasteiger partial charge is 0.319 e. The monoisotopic (exact) mass is 303 g/mol. The van der Waals surface area contributed by atoms with Crippen molar-refractivity contribution in [3.05, 3.63) is 0 Å². The molecule has 0 bridgehead atoms. The van der Waals surface area contributed by atoms with Crippen molar-refractivity contribution in [2.45, 2.75) is 26.7 Å². The third-order valence-electron chi connectivity index (χ3n) is 0.500. The van der Waals surface area contributed by atoms with Gasteiger partial charge in [0.2, 0.25) is 0 Å². The van der Waals surface area contributed by atoms with Crippen molar-refractivity contribution in [1.29, 1.82) is 0 Å². The summed E-state index contributed by atoms with van der Waals surface area (Å²) in [4.78, 5) is 45.3. The molecule has 0 atom stereocenters. The average molecular weight is 303 g/mol. The van der Waals surface area contributed by atoms with E-state index in [0.717, 1.165) is 0 Å².